The van der Waals surface area contributed by atoms with Crippen molar-refractivity contribution in [2.75, 3.05) is 6.54 Å². The van der Waals surface area contributed by atoms with Gasteiger partial charge in [-0.1, -0.05) is 11.5 Å². The second-order valence-corrected chi connectivity index (χ2v) is 3.96. The van der Waals surface area contributed by atoms with Gasteiger partial charge < -0.3 is 10.8 Å². The van der Waals surface area contributed by atoms with Gasteiger partial charge in [-0.25, -0.2) is 9.98 Å². The number of hydrogen-bond acceptors (Lipinski definition) is 9. The highest BCUT2D eigenvalue weighted by molar-refractivity contribution is 5.72. The van der Waals surface area contributed by atoms with E-state index in [1.54, 1.807) is 0 Å². The van der Waals surface area contributed by atoms with Crippen LogP contribution in [0.1, 0.15) is 19.3 Å². The smallest absolute Gasteiger partial charge is 0.320 e. The highest BCUT2D eigenvalue weighted by atomic mass is 16.4. The van der Waals surface area contributed by atoms with Gasteiger partial charge in [0.05, 0.1) is 0 Å². The van der Waals surface area contributed by atoms with Crippen molar-refractivity contribution in [3.8, 4) is 0 Å². The van der Waals surface area contributed by atoms with E-state index in [1.807, 2.05) is 0 Å². The average Bonchev–Trinajstić information content (AvgIpc) is 3.19. The van der Waals surface area contributed by atoms with E-state index in [4.69, 9.17) is 16.4 Å². The van der Waals surface area contributed by atoms with Gasteiger partial charge in [0.1, 0.15) is 18.7 Å². The van der Waals surface area contributed by atoms with Gasteiger partial charge in [0.15, 0.2) is 0 Å². The molecule has 0 amide bonds. The fraction of sp³-hybridized carbons (Fsp3) is 0.500. The Bertz CT molecular complexity index is 527. The summed E-state index contributed by atoms with van der Waals surface area (Å²) >= 11 is 0. The second kappa shape index (κ2) is 9.85. The van der Waals surface area contributed by atoms with Crippen LogP contribution in [-0.4, -0.2) is 36.3 Å². The second-order valence-electron chi connectivity index (χ2n) is 3.96. The SMILES string of the molecule is C1=NC(=C2N=CN=N2)N=N1.[N-]=[N+]=NCCCC[C@H](N)C(=O)O. The zero-order valence-corrected chi connectivity index (χ0v) is 11.5. The molecule has 12 heteroatoms. The summed E-state index contributed by atoms with van der Waals surface area (Å²) in [6, 6.07) is -0.795. The number of aliphatic imine (C=N–C) groups is 2. The molecular weight excluding hydrogens is 292 g/mol. The van der Waals surface area contributed by atoms with Gasteiger partial charge in [-0.05, 0) is 18.4 Å². The van der Waals surface area contributed by atoms with Crippen molar-refractivity contribution < 1.29 is 9.90 Å². The molecule has 3 N–H and O–H groups in total. The quantitative estimate of drug-likeness (QED) is 0.329. The molecule has 0 aromatic rings. The van der Waals surface area contributed by atoms with Crippen LogP contribution in [-0.2, 0) is 4.79 Å². The molecule has 0 fully saturated rings. The molecule has 0 spiro atoms. The van der Waals surface area contributed by atoms with Crippen LogP contribution in [0.4, 0.5) is 0 Å². The minimum Gasteiger partial charge on any atom is -0.480 e. The molecule has 22 heavy (non-hydrogen) atoms. The van der Waals surface area contributed by atoms with E-state index >= 15 is 0 Å². The van der Waals surface area contributed by atoms with Crippen molar-refractivity contribution in [1.82, 2.24) is 0 Å². The Kier molecular flexibility index (Phi) is 7.64. The standard InChI is InChI=1S/C6H12N4O2.C4H2N6/c7-5(6(11)12)3-1-2-4-9-10-8;1-5-3(9-7-1)4-6-2-8-10-4/h5H,1-4,7H2,(H,11,12);1-2H/t5-;/m0./s1. The fourth-order valence-electron chi connectivity index (χ4n) is 1.29. The first-order chi connectivity index (χ1) is 10.6. The number of azo groups is 2. The molecule has 1 atom stereocenters. The molecule has 2 aliphatic heterocycles. The summed E-state index contributed by atoms with van der Waals surface area (Å²) in [7, 11) is 0. The number of rotatable bonds is 6. The largest absolute Gasteiger partial charge is 0.480 e. The van der Waals surface area contributed by atoms with Gasteiger partial charge in [-0.15, -0.1) is 20.5 Å². The monoisotopic (exact) mass is 306 g/mol. The molecule has 2 heterocycles. The molecule has 0 radical (unpaired) electrons. The molecule has 0 bridgehead atoms. The highest BCUT2D eigenvalue weighted by Gasteiger charge is 2.09. The third-order valence-corrected chi connectivity index (χ3v) is 2.37. The highest BCUT2D eigenvalue weighted by Crippen LogP contribution is 2.16. The molecule has 2 rings (SSSR count). The zero-order chi connectivity index (χ0) is 16.2. The van der Waals surface area contributed by atoms with Crippen LogP contribution in [0.2, 0.25) is 0 Å². The number of aliphatic carboxylic acids is 1. The lowest BCUT2D eigenvalue weighted by Crippen LogP contribution is -2.29. The summed E-state index contributed by atoms with van der Waals surface area (Å²) in [5, 5.41) is 26.0. The molecule has 0 saturated carbocycles. The third kappa shape index (κ3) is 6.45. The fourth-order valence-corrected chi connectivity index (χ4v) is 1.29. The van der Waals surface area contributed by atoms with Gasteiger partial charge in [0, 0.05) is 11.5 Å². The van der Waals surface area contributed by atoms with E-state index in [2.05, 4.69) is 40.5 Å². The van der Waals surface area contributed by atoms with Crippen molar-refractivity contribution in [3.05, 3.63) is 22.1 Å². The molecule has 0 aromatic heterocycles. The molecule has 0 aromatic carbocycles. The van der Waals surface area contributed by atoms with Gasteiger partial charge in [-0.3, -0.25) is 4.79 Å². The summed E-state index contributed by atoms with van der Waals surface area (Å²) in [6.45, 7) is 0.406. The Labute approximate surface area is 124 Å². The molecule has 12 nitrogen and oxygen atoms in total. The minimum atomic E-state index is -0.987. The molecular formula is C10H14N10O2. The predicted octanol–water partition coefficient (Wildman–Crippen LogP) is 1.98. The van der Waals surface area contributed by atoms with Crippen molar-refractivity contribution in [1.29, 1.82) is 0 Å². The van der Waals surface area contributed by atoms with Crippen LogP contribution >= 0.6 is 0 Å². The van der Waals surface area contributed by atoms with Gasteiger partial charge in [-0.2, -0.15) is 0 Å². The first kappa shape index (κ1) is 17.1. The number of nitrogens with two attached hydrogens (primary N) is 1. The van der Waals surface area contributed by atoms with E-state index in [0.29, 0.717) is 37.4 Å². The van der Waals surface area contributed by atoms with Crippen LogP contribution in [0.5, 0.6) is 0 Å². The van der Waals surface area contributed by atoms with Gasteiger partial charge in [0.25, 0.3) is 0 Å². The maximum absolute atomic E-state index is 10.2. The van der Waals surface area contributed by atoms with Crippen LogP contribution in [0.15, 0.2) is 47.2 Å². The lowest BCUT2D eigenvalue weighted by atomic mass is 10.1. The Balaban J connectivity index is 0.000000222. The van der Waals surface area contributed by atoms with Crippen molar-refractivity contribution in [2.24, 2.45) is 41.3 Å². The Morgan fingerprint density at radius 1 is 1.27 bits per heavy atom. The predicted molar refractivity (Wildman–Crippen MR) is 77.2 cm³/mol. The topological polar surface area (TPSA) is 186 Å². The average molecular weight is 306 g/mol. The molecule has 0 unspecified atom stereocenters. The maximum Gasteiger partial charge on any atom is 0.320 e. The lowest BCUT2D eigenvalue weighted by Gasteiger charge is -2.03. The maximum atomic E-state index is 10.2. The molecule has 0 aliphatic carbocycles. The van der Waals surface area contributed by atoms with Crippen molar-refractivity contribution >= 4 is 18.6 Å². The number of azide groups is 1. The number of nitrogens with zero attached hydrogens (tertiary/aromatic N) is 9. The van der Waals surface area contributed by atoms with E-state index in [0.717, 1.165) is 0 Å². The lowest BCUT2D eigenvalue weighted by molar-refractivity contribution is -0.138. The van der Waals surface area contributed by atoms with Crippen molar-refractivity contribution in [3.63, 3.8) is 0 Å². The van der Waals surface area contributed by atoms with Crippen LogP contribution < -0.4 is 5.73 Å². The summed E-state index contributed by atoms with van der Waals surface area (Å²) in [5.74, 6) is -0.159. The van der Waals surface area contributed by atoms with Crippen LogP contribution in [0.3, 0.4) is 0 Å². The molecule has 116 valence electrons. The summed E-state index contributed by atoms with van der Waals surface area (Å²) in [5.41, 5.74) is 13.1. The number of carboxylic acid groups (broad SMARTS) is 1. The van der Waals surface area contributed by atoms with Crippen LogP contribution in [0.25, 0.3) is 10.4 Å². The third-order valence-electron chi connectivity index (χ3n) is 2.37. The Hall–Kier alpha value is -2.98. The van der Waals surface area contributed by atoms with E-state index < -0.39 is 12.0 Å². The van der Waals surface area contributed by atoms with E-state index in [-0.39, 0.29) is 0 Å². The summed E-state index contributed by atoms with van der Waals surface area (Å²) in [6.07, 6.45) is 4.46. The first-order valence-electron chi connectivity index (χ1n) is 6.25. The van der Waals surface area contributed by atoms with Gasteiger partial charge >= 0.3 is 5.97 Å². The first-order valence-corrected chi connectivity index (χ1v) is 6.25. The minimum absolute atomic E-state index is 0.406. The zero-order valence-electron chi connectivity index (χ0n) is 11.5. The Morgan fingerprint density at radius 2 is 1.86 bits per heavy atom. The normalized spacial score (nSPS) is 18.8. The number of unbranched alkanes of at least 4 members (excludes halogenated alkanes) is 1. The molecule has 2 aliphatic rings. The number of hydrogen-bond donors (Lipinski definition) is 2. The van der Waals surface area contributed by atoms with Crippen LogP contribution in [0, 0.1) is 0 Å². The summed E-state index contributed by atoms with van der Waals surface area (Å²) in [4.78, 5) is 20.3. The number of carboxylic acids is 1. The molecule has 0 saturated heterocycles. The van der Waals surface area contributed by atoms with Crippen molar-refractivity contribution in [2.45, 2.75) is 25.3 Å². The Morgan fingerprint density at radius 3 is 2.27 bits per heavy atom. The number of carbonyl (C=O) groups is 1. The summed E-state index contributed by atoms with van der Waals surface area (Å²) < 4.78 is 0. The van der Waals surface area contributed by atoms with Gasteiger partial charge in [0.2, 0.25) is 11.6 Å². The van der Waals surface area contributed by atoms with E-state index in [9.17, 15) is 4.79 Å². The van der Waals surface area contributed by atoms with E-state index in [1.165, 1.54) is 12.7 Å².